The highest BCUT2D eigenvalue weighted by Gasteiger charge is 2.14. The summed E-state index contributed by atoms with van der Waals surface area (Å²) in [7, 11) is 1.86. The van der Waals surface area contributed by atoms with Crippen molar-refractivity contribution >= 4 is 11.6 Å². The van der Waals surface area contributed by atoms with Crippen LogP contribution >= 0.6 is 0 Å². The Morgan fingerprint density at radius 1 is 1.23 bits per heavy atom. The Morgan fingerprint density at radius 2 is 1.91 bits per heavy atom. The van der Waals surface area contributed by atoms with Crippen molar-refractivity contribution < 1.29 is 9.18 Å². The quantitative estimate of drug-likeness (QED) is 0.891. The number of rotatable bonds is 5. The van der Waals surface area contributed by atoms with E-state index in [4.69, 9.17) is 0 Å². The van der Waals surface area contributed by atoms with Crippen LogP contribution in [0.25, 0.3) is 0 Å². The van der Waals surface area contributed by atoms with Gasteiger partial charge in [-0.05, 0) is 49.7 Å². The van der Waals surface area contributed by atoms with Gasteiger partial charge in [0, 0.05) is 12.6 Å². The molecule has 2 rings (SSSR count). The van der Waals surface area contributed by atoms with Crippen LogP contribution in [0.2, 0.25) is 0 Å². The Morgan fingerprint density at radius 3 is 2.50 bits per heavy atom. The van der Waals surface area contributed by atoms with Gasteiger partial charge in [0.05, 0.1) is 23.1 Å². The van der Waals surface area contributed by atoms with Gasteiger partial charge in [-0.15, -0.1) is 0 Å². The summed E-state index contributed by atoms with van der Waals surface area (Å²) in [6, 6.07) is 9.10. The van der Waals surface area contributed by atoms with Crippen LogP contribution in [0.4, 0.5) is 10.1 Å². The van der Waals surface area contributed by atoms with E-state index in [2.05, 4.69) is 15.6 Å². The minimum atomic E-state index is -0.360. The van der Waals surface area contributed by atoms with E-state index < -0.39 is 0 Å². The summed E-state index contributed by atoms with van der Waals surface area (Å²) in [5.74, 6) is -0.605. The lowest BCUT2D eigenvalue weighted by Crippen LogP contribution is -2.27. The van der Waals surface area contributed by atoms with Gasteiger partial charge in [0.15, 0.2) is 0 Å². The molecular formula is C17H20FN3O. The lowest BCUT2D eigenvalue weighted by molar-refractivity contribution is 0.0939. The number of pyridine rings is 1. The molecule has 116 valence electrons. The molecule has 0 spiro atoms. The molecule has 0 saturated carbocycles. The first-order valence-electron chi connectivity index (χ1n) is 7.29. The maximum Gasteiger partial charge on any atom is 0.251 e. The second-order valence-electron chi connectivity index (χ2n) is 5.04. The molecule has 1 amide bonds. The first-order valence-corrected chi connectivity index (χ1v) is 7.29. The molecule has 2 aromatic rings. The summed E-state index contributed by atoms with van der Waals surface area (Å²) in [5, 5.41) is 5.98. The van der Waals surface area contributed by atoms with E-state index in [1.807, 2.05) is 33.0 Å². The Kier molecular flexibility index (Phi) is 5.09. The van der Waals surface area contributed by atoms with E-state index in [0.29, 0.717) is 5.56 Å². The molecule has 22 heavy (non-hydrogen) atoms. The number of nitrogens with zero attached hydrogens (tertiary/aromatic N) is 1. The zero-order valence-electron chi connectivity index (χ0n) is 13.0. The molecule has 5 heteroatoms. The van der Waals surface area contributed by atoms with Gasteiger partial charge in [-0.2, -0.15) is 0 Å². The average molecular weight is 301 g/mol. The van der Waals surface area contributed by atoms with E-state index in [9.17, 15) is 9.18 Å². The number of anilines is 1. The van der Waals surface area contributed by atoms with E-state index in [-0.39, 0.29) is 17.8 Å². The van der Waals surface area contributed by atoms with Crippen molar-refractivity contribution in [3.05, 3.63) is 59.2 Å². The molecule has 1 aromatic heterocycles. The van der Waals surface area contributed by atoms with Gasteiger partial charge in [0.2, 0.25) is 0 Å². The van der Waals surface area contributed by atoms with Crippen LogP contribution in [0, 0.1) is 5.82 Å². The number of aryl methyl sites for hydroxylation is 1. The normalized spacial score (nSPS) is 11.8. The van der Waals surface area contributed by atoms with Crippen molar-refractivity contribution in [3.8, 4) is 0 Å². The van der Waals surface area contributed by atoms with E-state index in [0.717, 1.165) is 23.5 Å². The Hall–Kier alpha value is -2.43. The SMILES string of the molecule is CCc1nc(C(C)NC(=O)c2ccc(F)cc2)ccc1NC. The molecule has 1 heterocycles. The molecule has 4 nitrogen and oxygen atoms in total. The highest BCUT2D eigenvalue weighted by Crippen LogP contribution is 2.18. The molecule has 2 N–H and O–H groups in total. The number of hydrogen-bond donors (Lipinski definition) is 2. The van der Waals surface area contributed by atoms with Gasteiger partial charge in [-0.1, -0.05) is 6.92 Å². The van der Waals surface area contributed by atoms with Gasteiger partial charge in [-0.3, -0.25) is 9.78 Å². The summed E-state index contributed by atoms with van der Waals surface area (Å²) in [6.45, 7) is 3.91. The summed E-state index contributed by atoms with van der Waals surface area (Å²) in [5.41, 5.74) is 3.17. The molecule has 1 aromatic carbocycles. The molecule has 0 fully saturated rings. The number of nitrogens with one attached hydrogen (secondary N) is 2. The van der Waals surface area contributed by atoms with Crippen LogP contribution in [0.3, 0.4) is 0 Å². The maximum atomic E-state index is 12.9. The van der Waals surface area contributed by atoms with Crippen LogP contribution in [-0.4, -0.2) is 17.9 Å². The third-order valence-corrected chi connectivity index (χ3v) is 3.50. The molecular weight excluding hydrogens is 281 g/mol. The van der Waals surface area contributed by atoms with Crippen LogP contribution in [0.1, 0.15) is 41.6 Å². The molecule has 1 unspecified atom stereocenters. The number of benzene rings is 1. The van der Waals surface area contributed by atoms with Gasteiger partial charge < -0.3 is 10.6 Å². The van der Waals surface area contributed by atoms with Crippen LogP contribution in [0.15, 0.2) is 36.4 Å². The number of carbonyl (C=O) groups is 1. The summed E-state index contributed by atoms with van der Waals surface area (Å²) >= 11 is 0. The van der Waals surface area contributed by atoms with Crippen LogP contribution in [0.5, 0.6) is 0 Å². The van der Waals surface area contributed by atoms with E-state index in [1.165, 1.54) is 24.3 Å². The molecule has 0 radical (unpaired) electrons. The van der Waals surface area contributed by atoms with Gasteiger partial charge in [0.1, 0.15) is 5.82 Å². The largest absolute Gasteiger partial charge is 0.387 e. The number of halogens is 1. The second-order valence-corrected chi connectivity index (χ2v) is 5.04. The fourth-order valence-corrected chi connectivity index (χ4v) is 2.21. The number of amides is 1. The Balaban J connectivity index is 2.13. The van der Waals surface area contributed by atoms with Crippen molar-refractivity contribution in [2.24, 2.45) is 0 Å². The fourth-order valence-electron chi connectivity index (χ4n) is 2.21. The van der Waals surface area contributed by atoms with Gasteiger partial charge in [0.25, 0.3) is 5.91 Å². The van der Waals surface area contributed by atoms with E-state index >= 15 is 0 Å². The standard InChI is InChI=1S/C17H20FN3O/c1-4-14-16(19-3)10-9-15(21-14)11(2)20-17(22)12-5-7-13(18)8-6-12/h5-11,19H,4H2,1-3H3,(H,20,22). The fraction of sp³-hybridized carbons (Fsp3) is 0.294. The number of carbonyl (C=O) groups excluding carboxylic acids is 1. The highest BCUT2D eigenvalue weighted by atomic mass is 19.1. The Labute approximate surface area is 129 Å². The number of hydrogen-bond acceptors (Lipinski definition) is 3. The van der Waals surface area contributed by atoms with Crippen molar-refractivity contribution in [3.63, 3.8) is 0 Å². The smallest absolute Gasteiger partial charge is 0.251 e. The number of aromatic nitrogens is 1. The van der Waals surface area contributed by atoms with Crippen LogP contribution in [-0.2, 0) is 6.42 Å². The third-order valence-electron chi connectivity index (χ3n) is 3.50. The minimum absolute atomic E-state index is 0.228. The zero-order valence-corrected chi connectivity index (χ0v) is 13.0. The van der Waals surface area contributed by atoms with E-state index in [1.54, 1.807) is 0 Å². The lowest BCUT2D eigenvalue weighted by Gasteiger charge is -2.16. The first-order chi connectivity index (χ1) is 10.5. The van der Waals surface area contributed by atoms with Crippen LogP contribution < -0.4 is 10.6 Å². The first kappa shape index (κ1) is 15.9. The van der Waals surface area contributed by atoms with Crippen molar-refractivity contribution in [2.45, 2.75) is 26.3 Å². The molecule has 0 saturated heterocycles. The summed E-state index contributed by atoms with van der Waals surface area (Å²) in [6.07, 6.45) is 0.808. The monoisotopic (exact) mass is 301 g/mol. The van der Waals surface area contributed by atoms with Crippen molar-refractivity contribution in [1.29, 1.82) is 0 Å². The minimum Gasteiger partial charge on any atom is -0.387 e. The second kappa shape index (κ2) is 7.02. The Bertz CT molecular complexity index is 655. The maximum absolute atomic E-state index is 12.9. The zero-order chi connectivity index (χ0) is 16.1. The molecule has 0 aliphatic carbocycles. The molecule has 0 aliphatic heterocycles. The average Bonchev–Trinajstić information content (AvgIpc) is 2.54. The summed E-state index contributed by atoms with van der Waals surface area (Å²) in [4.78, 5) is 16.7. The van der Waals surface area contributed by atoms with Crippen molar-refractivity contribution in [1.82, 2.24) is 10.3 Å². The topological polar surface area (TPSA) is 54.0 Å². The van der Waals surface area contributed by atoms with Crippen molar-refractivity contribution in [2.75, 3.05) is 12.4 Å². The summed E-state index contributed by atoms with van der Waals surface area (Å²) < 4.78 is 12.9. The molecule has 1 atom stereocenters. The third kappa shape index (κ3) is 3.61. The lowest BCUT2D eigenvalue weighted by atomic mass is 10.1. The molecule has 0 bridgehead atoms. The predicted octanol–water partition coefficient (Wildman–Crippen LogP) is 3.32. The molecule has 0 aliphatic rings. The van der Waals surface area contributed by atoms with Gasteiger partial charge in [-0.25, -0.2) is 4.39 Å². The predicted molar refractivity (Wildman–Crippen MR) is 85.4 cm³/mol. The van der Waals surface area contributed by atoms with Gasteiger partial charge >= 0.3 is 0 Å². The highest BCUT2D eigenvalue weighted by molar-refractivity contribution is 5.94.